The lowest BCUT2D eigenvalue weighted by Crippen LogP contribution is -2.43. The second-order valence-corrected chi connectivity index (χ2v) is 5.56. The number of hydrogen-bond acceptors (Lipinski definition) is 1. The van der Waals surface area contributed by atoms with E-state index in [4.69, 9.17) is 0 Å². The zero-order chi connectivity index (χ0) is 8.23. The third-order valence-corrected chi connectivity index (χ3v) is 4.67. The Kier molecular flexibility index (Phi) is 1.27. The molecule has 3 aliphatic rings. The Hall–Kier alpha value is -0.0400. The molecular formula is C11H18O. The summed E-state index contributed by atoms with van der Waals surface area (Å²) in [6.45, 7) is 0. The summed E-state index contributed by atoms with van der Waals surface area (Å²) in [5.74, 6) is 0. The molecule has 2 spiro atoms. The van der Waals surface area contributed by atoms with E-state index < -0.39 is 0 Å². The van der Waals surface area contributed by atoms with Gasteiger partial charge in [0.15, 0.2) is 0 Å². The Morgan fingerprint density at radius 2 is 1.17 bits per heavy atom. The van der Waals surface area contributed by atoms with Gasteiger partial charge in [0.05, 0.1) is 6.10 Å². The molecule has 0 aromatic carbocycles. The number of aliphatic hydroxyl groups is 1. The van der Waals surface area contributed by atoms with Gasteiger partial charge in [0.25, 0.3) is 0 Å². The highest BCUT2D eigenvalue weighted by molar-refractivity contribution is 5.04. The molecule has 0 aromatic rings. The predicted molar refractivity (Wildman–Crippen MR) is 47.8 cm³/mol. The molecule has 0 radical (unpaired) electrons. The summed E-state index contributed by atoms with van der Waals surface area (Å²) >= 11 is 0. The third kappa shape index (κ3) is 0.953. The minimum Gasteiger partial charge on any atom is -0.393 e. The van der Waals surface area contributed by atoms with Crippen molar-refractivity contribution in [1.82, 2.24) is 0 Å². The van der Waals surface area contributed by atoms with E-state index in [2.05, 4.69) is 0 Å². The van der Waals surface area contributed by atoms with Crippen molar-refractivity contribution < 1.29 is 5.11 Å². The van der Waals surface area contributed by atoms with Crippen molar-refractivity contribution >= 4 is 0 Å². The van der Waals surface area contributed by atoms with E-state index in [1.54, 1.807) is 0 Å². The highest BCUT2D eigenvalue weighted by atomic mass is 16.3. The average Bonchev–Trinajstić information content (AvgIpc) is 2.74. The van der Waals surface area contributed by atoms with Gasteiger partial charge in [0, 0.05) is 0 Å². The van der Waals surface area contributed by atoms with E-state index in [9.17, 15) is 5.11 Å². The molecule has 3 fully saturated rings. The molecule has 0 unspecified atom stereocenters. The van der Waals surface area contributed by atoms with Crippen LogP contribution in [-0.4, -0.2) is 11.2 Å². The summed E-state index contributed by atoms with van der Waals surface area (Å²) in [6.07, 6.45) is 11.1. The summed E-state index contributed by atoms with van der Waals surface area (Å²) < 4.78 is 0. The van der Waals surface area contributed by atoms with Crippen molar-refractivity contribution in [3.05, 3.63) is 0 Å². The largest absolute Gasteiger partial charge is 0.393 e. The van der Waals surface area contributed by atoms with E-state index in [1.165, 1.54) is 38.5 Å². The summed E-state index contributed by atoms with van der Waals surface area (Å²) in [6, 6.07) is 0. The Morgan fingerprint density at radius 1 is 0.750 bits per heavy atom. The standard InChI is InChI=1S/C11H18O/c12-9-7-11(8-9)5-3-10(1-2-10)4-6-11/h9,12H,1-8H2. The molecule has 0 atom stereocenters. The monoisotopic (exact) mass is 166 g/mol. The highest BCUT2D eigenvalue weighted by Crippen LogP contribution is 2.63. The van der Waals surface area contributed by atoms with E-state index >= 15 is 0 Å². The first-order valence-corrected chi connectivity index (χ1v) is 5.40. The zero-order valence-corrected chi connectivity index (χ0v) is 7.68. The maximum Gasteiger partial charge on any atom is 0.0550 e. The molecule has 3 rings (SSSR count). The van der Waals surface area contributed by atoms with Crippen LogP contribution in [0.2, 0.25) is 0 Å². The molecule has 1 nitrogen and oxygen atoms in total. The van der Waals surface area contributed by atoms with Gasteiger partial charge in [-0.25, -0.2) is 0 Å². The minimum atomic E-state index is 0.0539. The van der Waals surface area contributed by atoms with Gasteiger partial charge in [-0.05, 0) is 62.2 Å². The minimum absolute atomic E-state index is 0.0539. The lowest BCUT2D eigenvalue weighted by atomic mass is 9.57. The van der Waals surface area contributed by atoms with Crippen LogP contribution in [0.25, 0.3) is 0 Å². The van der Waals surface area contributed by atoms with E-state index in [-0.39, 0.29) is 6.10 Å². The molecule has 3 saturated carbocycles. The maximum atomic E-state index is 9.31. The lowest BCUT2D eigenvalue weighted by Gasteiger charge is -2.50. The topological polar surface area (TPSA) is 20.2 Å². The van der Waals surface area contributed by atoms with Crippen LogP contribution in [0.1, 0.15) is 51.4 Å². The van der Waals surface area contributed by atoms with Crippen molar-refractivity contribution in [3.8, 4) is 0 Å². The van der Waals surface area contributed by atoms with Crippen molar-refractivity contribution in [2.75, 3.05) is 0 Å². The molecule has 1 heteroatoms. The summed E-state index contributed by atoms with van der Waals surface area (Å²) in [5.41, 5.74) is 1.44. The van der Waals surface area contributed by atoms with Gasteiger partial charge in [0.1, 0.15) is 0 Å². The smallest absolute Gasteiger partial charge is 0.0550 e. The molecule has 1 N–H and O–H groups in total. The molecule has 0 heterocycles. The first-order chi connectivity index (χ1) is 5.72. The van der Waals surface area contributed by atoms with Crippen LogP contribution in [0.3, 0.4) is 0 Å². The van der Waals surface area contributed by atoms with Crippen LogP contribution < -0.4 is 0 Å². The Labute approximate surface area is 74.2 Å². The molecular weight excluding hydrogens is 148 g/mol. The fraction of sp³-hybridized carbons (Fsp3) is 1.00. The molecule has 0 aromatic heterocycles. The van der Waals surface area contributed by atoms with E-state index in [1.807, 2.05) is 0 Å². The van der Waals surface area contributed by atoms with Gasteiger partial charge < -0.3 is 5.11 Å². The second kappa shape index (κ2) is 2.06. The van der Waals surface area contributed by atoms with Crippen LogP contribution >= 0.6 is 0 Å². The van der Waals surface area contributed by atoms with Crippen LogP contribution in [-0.2, 0) is 0 Å². The summed E-state index contributed by atoms with van der Waals surface area (Å²) in [7, 11) is 0. The first-order valence-electron chi connectivity index (χ1n) is 5.40. The lowest BCUT2D eigenvalue weighted by molar-refractivity contribution is -0.0644. The van der Waals surface area contributed by atoms with Crippen LogP contribution in [0.5, 0.6) is 0 Å². The van der Waals surface area contributed by atoms with Crippen molar-refractivity contribution in [3.63, 3.8) is 0 Å². The summed E-state index contributed by atoms with van der Waals surface area (Å²) in [4.78, 5) is 0. The third-order valence-electron chi connectivity index (χ3n) is 4.67. The van der Waals surface area contributed by atoms with Gasteiger partial charge in [-0.15, -0.1) is 0 Å². The molecule has 68 valence electrons. The van der Waals surface area contributed by atoms with Crippen molar-refractivity contribution in [1.29, 1.82) is 0 Å². The normalized spacial score (nSPS) is 36.8. The number of hydrogen-bond donors (Lipinski definition) is 1. The van der Waals surface area contributed by atoms with Gasteiger partial charge in [-0.3, -0.25) is 0 Å². The van der Waals surface area contributed by atoms with Gasteiger partial charge in [-0.1, -0.05) is 0 Å². The van der Waals surface area contributed by atoms with E-state index in [0.29, 0.717) is 5.41 Å². The first kappa shape index (κ1) is 7.37. The number of aliphatic hydroxyl groups excluding tert-OH is 1. The average molecular weight is 166 g/mol. The van der Waals surface area contributed by atoms with Crippen LogP contribution in [0.4, 0.5) is 0 Å². The van der Waals surface area contributed by atoms with Gasteiger partial charge in [-0.2, -0.15) is 0 Å². The Morgan fingerprint density at radius 3 is 1.58 bits per heavy atom. The fourth-order valence-electron chi connectivity index (χ4n) is 3.34. The second-order valence-electron chi connectivity index (χ2n) is 5.56. The zero-order valence-electron chi connectivity index (χ0n) is 7.68. The van der Waals surface area contributed by atoms with E-state index in [0.717, 1.165) is 18.3 Å². The maximum absolute atomic E-state index is 9.31. The Balaban J connectivity index is 1.64. The highest BCUT2D eigenvalue weighted by Gasteiger charge is 2.52. The summed E-state index contributed by atoms with van der Waals surface area (Å²) in [5, 5.41) is 9.31. The number of rotatable bonds is 0. The van der Waals surface area contributed by atoms with Gasteiger partial charge >= 0.3 is 0 Å². The predicted octanol–water partition coefficient (Wildman–Crippen LogP) is 2.48. The van der Waals surface area contributed by atoms with Crippen molar-refractivity contribution in [2.24, 2.45) is 10.8 Å². The fourth-order valence-corrected chi connectivity index (χ4v) is 3.34. The van der Waals surface area contributed by atoms with Crippen molar-refractivity contribution in [2.45, 2.75) is 57.5 Å². The van der Waals surface area contributed by atoms with Crippen LogP contribution in [0, 0.1) is 10.8 Å². The molecule has 0 aliphatic heterocycles. The Bertz CT molecular complexity index is 187. The quantitative estimate of drug-likeness (QED) is 0.586. The molecule has 0 saturated heterocycles. The SMILES string of the molecule is OC1CC2(CCC3(CC3)CC2)C1. The van der Waals surface area contributed by atoms with Gasteiger partial charge in [0.2, 0.25) is 0 Å². The molecule has 0 amide bonds. The van der Waals surface area contributed by atoms with Crippen LogP contribution in [0.15, 0.2) is 0 Å². The molecule has 0 bridgehead atoms. The molecule has 3 aliphatic carbocycles. The molecule has 12 heavy (non-hydrogen) atoms.